The summed E-state index contributed by atoms with van der Waals surface area (Å²) in [7, 11) is -3.52. The van der Waals surface area contributed by atoms with Crippen molar-refractivity contribution in [2.75, 3.05) is 13.2 Å². The summed E-state index contributed by atoms with van der Waals surface area (Å²) in [4.78, 5) is 0.227. The van der Waals surface area contributed by atoms with Crippen molar-refractivity contribution in [3.8, 4) is 0 Å². The van der Waals surface area contributed by atoms with Gasteiger partial charge < -0.3 is 5.11 Å². The fourth-order valence-corrected chi connectivity index (χ4v) is 4.52. The lowest BCUT2D eigenvalue weighted by molar-refractivity contribution is 0.192. The third-order valence-corrected chi connectivity index (χ3v) is 5.62. The van der Waals surface area contributed by atoms with Gasteiger partial charge in [0.15, 0.2) is 0 Å². The molecule has 1 aliphatic heterocycles. The van der Waals surface area contributed by atoms with Gasteiger partial charge in [0.2, 0.25) is 10.0 Å². The van der Waals surface area contributed by atoms with E-state index in [0.29, 0.717) is 18.0 Å². The Balaban J connectivity index is 2.31. The van der Waals surface area contributed by atoms with Gasteiger partial charge in [0, 0.05) is 24.2 Å². The summed E-state index contributed by atoms with van der Waals surface area (Å²) in [6, 6.07) is 6.22. The molecule has 1 aromatic carbocycles. The van der Waals surface area contributed by atoms with E-state index < -0.39 is 10.0 Å². The summed E-state index contributed by atoms with van der Waals surface area (Å²) in [6.07, 6.45) is 3.16. The minimum atomic E-state index is -3.52. The molecule has 106 valence electrons. The van der Waals surface area contributed by atoms with Gasteiger partial charge in [0.1, 0.15) is 0 Å². The lowest BCUT2D eigenvalue weighted by atomic mass is 10.0. The van der Waals surface area contributed by atoms with Crippen LogP contribution in [0.2, 0.25) is 5.02 Å². The molecule has 1 aromatic rings. The van der Waals surface area contributed by atoms with Gasteiger partial charge in [0.25, 0.3) is 0 Å². The van der Waals surface area contributed by atoms with E-state index in [0.717, 1.165) is 19.3 Å². The molecule has 0 saturated carbocycles. The molecule has 6 heteroatoms. The van der Waals surface area contributed by atoms with Gasteiger partial charge in [-0.2, -0.15) is 4.31 Å². The fourth-order valence-electron chi connectivity index (χ4n) is 2.49. The number of aliphatic hydroxyl groups excluding tert-OH is 1. The highest BCUT2D eigenvalue weighted by Gasteiger charge is 2.33. The number of benzene rings is 1. The number of hydrogen-bond donors (Lipinski definition) is 1. The molecule has 1 heterocycles. The zero-order valence-electron chi connectivity index (χ0n) is 10.6. The number of nitrogens with zero attached hydrogens (tertiary/aromatic N) is 1. The molecule has 1 unspecified atom stereocenters. The molecule has 1 atom stereocenters. The molecule has 19 heavy (non-hydrogen) atoms. The van der Waals surface area contributed by atoms with Crippen molar-refractivity contribution in [1.29, 1.82) is 0 Å². The number of sulfonamides is 1. The monoisotopic (exact) mass is 303 g/mol. The lowest BCUT2D eigenvalue weighted by Gasteiger charge is -2.34. The van der Waals surface area contributed by atoms with Gasteiger partial charge >= 0.3 is 0 Å². The Hall–Kier alpha value is -0.620. The molecule has 0 radical (unpaired) electrons. The van der Waals surface area contributed by atoms with Gasteiger partial charge in [-0.25, -0.2) is 8.42 Å². The maximum atomic E-state index is 12.6. The number of aliphatic hydroxyl groups is 1. The maximum absolute atomic E-state index is 12.6. The second-order valence-electron chi connectivity index (χ2n) is 4.74. The molecule has 1 N–H and O–H groups in total. The number of rotatable bonds is 4. The van der Waals surface area contributed by atoms with Crippen molar-refractivity contribution < 1.29 is 13.5 Å². The summed E-state index contributed by atoms with van der Waals surface area (Å²) in [5.41, 5.74) is 0. The summed E-state index contributed by atoms with van der Waals surface area (Å²) in [5, 5.41) is 9.49. The van der Waals surface area contributed by atoms with Crippen molar-refractivity contribution in [3.63, 3.8) is 0 Å². The minimum Gasteiger partial charge on any atom is -0.396 e. The summed E-state index contributed by atoms with van der Waals surface area (Å²) in [5.74, 6) is 0. The van der Waals surface area contributed by atoms with E-state index in [9.17, 15) is 8.42 Å². The van der Waals surface area contributed by atoms with Crippen LogP contribution in [0.1, 0.15) is 25.7 Å². The van der Waals surface area contributed by atoms with Crippen LogP contribution < -0.4 is 0 Å². The van der Waals surface area contributed by atoms with E-state index in [-0.39, 0.29) is 17.5 Å². The second kappa shape index (κ2) is 6.22. The summed E-state index contributed by atoms with van der Waals surface area (Å²) >= 11 is 5.86. The molecule has 0 aromatic heterocycles. The third kappa shape index (κ3) is 3.28. The zero-order valence-corrected chi connectivity index (χ0v) is 12.2. The molecular formula is C13H18ClNO3S. The van der Waals surface area contributed by atoms with Crippen molar-refractivity contribution >= 4 is 21.6 Å². The van der Waals surface area contributed by atoms with E-state index in [4.69, 9.17) is 16.7 Å². The van der Waals surface area contributed by atoms with E-state index in [2.05, 4.69) is 0 Å². The highest BCUT2D eigenvalue weighted by molar-refractivity contribution is 7.89. The molecule has 0 amide bonds. The standard InChI is InChI=1S/C13H18ClNO3S/c14-11-4-3-6-13(10-11)19(17,18)15-8-2-1-5-12(15)7-9-16/h3-4,6,10,12,16H,1-2,5,7-9H2. The Labute approximate surface area is 119 Å². The third-order valence-electron chi connectivity index (χ3n) is 3.44. The van der Waals surface area contributed by atoms with Crippen LogP contribution in [0.3, 0.4) is 0 Å². The average molecular weight is 304 g/mol. The highest BCUT2D eigenvalue weighted by Crippen LogP contribution is 2.27. The number of hydrogen-bond acceptors (Lipinski definition) is 3. The second-order valence-corrected chi connectivity index (χ2v) is 7.06. The average Bonchev–Trinajstić information content (AvgIpc) is 2.39. The largest absolute Gasteiger partial charge is 0.396 e. The number of piperidine rings is 1. The van der Waals surface area contributed by atoms with Crippen LogP contribution in [0, 0.1) is 0 Å². The fraction of sp³-hybridized carbons (Fsp3) is 0.538. The van der Waals surface area contributed by atoms with Gasteiger partial charge in [0.05, 0.1) is 4.90 Å². The van der Waals surface area contributed by atoms with Gasteiger partial charge in [-0.05, 0) is 37.5 Å². The van der Waals surface area contributed by atoms with Crippen LogP contribution >= 0.6 is 11.6 Å². The molecule has 0 aliphatic carbocycles. The topological polar surface area (TPSA) is 57.6 Å². The van der Waals surface area contributed by atoms with E-state index >= 15 is 0 Å². The van der Waals surface area contributed by atoms with Crippen LogP contribution in [-0.2, 0) is 10.0 Å². The van der Waals surface area contributed by atoms with Crippen LogP contribution in [0.25, 0.3) is 0 Å². The highest BCUT2D eigenvalue weighted by atomic mass is 35.5. The van der Waals surface area contributed by atoms with Gasteiger partial charge in [-0.15, -0.1) is 0 Å². The smallest absolute Gasteiger partial charge is 0.243 e. The summed E-state index contributed by atoms with van der Waals surface area (Å²) < 4.78 is 26.7. The molecule has 1 saturated heterocycles. The van der Waals surface area contributed by atoms with Gasteiger partial charge in [-0.1, -0.05) is 24.1 Å². The van der Waals surface area contributed by atoms with Crippen LogP contribution in [0.5, 0.6) is 0 Å². The Morgan fingerprint density at radius 1 is 1.37 bits per heavy atom. The quantitative estimate of drug-likeness (QED) is 0.928. The van der Waals surface area contributed by atoms with E-state index in [1.807, 2.05) is 0 Å². The zero-order chi connectivity index (χ0) is 13.9. The molecule has 0 bridgehead atoms. The first-order valence-electron chi connectivity index (χ1n) is 6.44. The first kappa shape index (κ1) is 14.8. The van der Waals surface area contributed by atoms with Crippen molar-refractivity contribution in [3.05, 3.63) is 29.3 Å². The predicted molar refractivity (Wildman–Crippen MR) is 74.7 cm³/mol. The molecule has 1 aliphatic rings. The van der Waals surface area contributed by atoms with Crippen LogP contribution in [0.4, 0.5) is 0 Å². The van der Waals surface area contributed by atoms with Crippen LogP contribution in [-0.4, -0.2) is 37.0 Å². The molecule has 1 fully saturated rings. The Kier molecular flexibility index (Phi) is 4.84. The van der Waals surface area contributed by atoms with E-state index in [1.165, 1.54) is 10.4 Å². The first-order chi connectivity index (χ1) is 9.05. The lowest BCUT2D eigenvalue weighted by Crippen LogP contribution is -2.44. The minimum absolute atomic E-state index is 0.00618. The van der Waals surface area contributed by atoms with Crippen molar-refractivity contribution in [1.82, 2.24) is 4.31 Å². The molecule has 0 spiro atoms. The Morgan fingerprint density at radius 3 is 2.84 bits per heavy atom. The first-order valence-corrected chi connectivity index (χ1v) is 8.26. The summed E-state index contributed by atoms with van der Waals surface area (Å²) in [6.45, 7) is 0.520. The van der Waals surface area contributed by atoms with E-state index in [1.54, 1.807) is 18.2 Å². The maximum Gasteiger partial charge on any atom is 0.243 e. The molecule has 4 nitrogen and oxygen atoms in total. The normalized spacial score (nSPS) is 21.5. The SMILES string of the molecule is O=S(=O)(c1cccc(Cl)c1)N1CCCCC1CCO. The molecular weight excluding hydrogens is 286 g/mol. The Bertz CT molecular complexity index is 530. The van der Waals surface area contributed by atoms with Crippen molar-refractivity contribution in [2.45, 2.75) is 36.6 Å². The van der Waals surface area contributed by atoms with Crippen molar-refractivity contribution in [2.24, 2.45) is 0 Å². The van der Waals surface area contributed by atoms with Crippen LogP contribution in [0.15, 0.2) is 29.2 Å². The van der Waals surface area contributed by atoms with Gasteiger partial charge in [-0.3, -0.25) is 0 Å². The Morgan fingerprint density at radius 2 is 2.16 bits per heavy atom. The molecule has 2 rings (SSSR count). The predicted octanol–water partition coefficient (Wildman–Crippen LogP) is 2.27. The number of halogens is 1.